The van der Waals surface area contributed by atoms with E-state index in [4.69, 9.17) is 23.2 Å². The van der Waals surface area contributed by atoms with Gasteiger partial charge in [0, 0.05) is 47.4 Å². The molecule has 8 rings (SSSR count). The maximum absolute atomic E-state index is 13.2. The number of fused-ring (bicyclic) bond motifs is 2. The Morgan fingerprint density at radius 3 is 1.62 bits per heavy atom. The van der Waals surface area contributed by atoms with Crippen LogP contribution < -0.4 is 10.6 Å². The van der Waals surface area contributed by atoms with Gasteiger partial charge in [-0.05, 0) is 112 Å². The summed E-state index contributed by atoms with van der Waals surface area (Å²) in [6, 6.07) is 23.8. The third-order valence-electron chi connectivity index (χ3n) is 9.49. The lowest BCUT2D eigenvalue weighted by atomic mass is 9.83. The highest BCUT2D eigenvalue weighted by Gasteiger charge is 2.33. The molecule has 4 aromatic carbocycles. The van der Waals surface area contributed by atoms with Crippen molar-refractivity contribution in [3.8, 4) is 33.4 Å². The van der Waals surface area contributed by atoms with Crippen molar-refractivity contribution in [2.24, 2.45) is 0 Å². The van der Waals surface area contributed by atoms with Gasteiger partial charge in [0.15, 0.2) is 0 Å². The molecular formula is C38H28Cl2N4O4. The second-order valence-electron chi connectivity index (χ2n) is 12.4. The van der Waals surface area contributed by atoms with E-state index in [0.717, 1.165) is 55.2 Å². The van der Waals surface area contributed by atoms with E-state index in [1.54, 1.807) is 0 Å². The van der Waals surface area contributed by atoms with Crippen molar-refractivity contribution in [3.63, 3.8) is 0 Å². The molecule has 0 saturated carbocycles. The Labute approximate surface area is 284 Å². The number of hydrogen-bond donors (Lipinski definition) is 4. The summed E-state index contributed by atoms with van der Waals surface area (Å²) >= 11 is 14.3. The molecular weight excluding hydrogens is 647 g/mol. The first kappa shape index (κ1) is 30.2. The number of carbonyl (C=O) groups excluding carboxylic acids is 4. The van der Waals surface area contributed by atoms with Crippen molar-refractivity contribution in [3.05, 3.63) is 106 Å². The number of rotatable bonds is 5. The summed E-state index contributed by atoms with van der Waals surface area (Å²) in [5, 5.41) is 7.85. The van der Waals surface area contributed by atoms with Crippen LogP contribution in [0.4, 0.5) is 0 Å². The van der Waals surface area contributed by atoms with E-state index in [2.05, 4.69) is 20.6 Å². The molecule has 2 atom stereocenters. The Morgan fingerprint density at radius 2 is 1.04 bits per heavy atom. The largest absolute Gasteiger partial charge is 0.361 e. The number of halogens is 2. The van der Waals surface area contributed by atoms with Gasteiger partial charge in [0.05, 0.1) is 21.9 Å². The average Bonchev–Trinajstić information content (AvgIpc) is 3.75. The molecule has 2 fully saturated rings. The molecule has 0 bridgehead atoms. The van der Waals surface area contributed by atoms with Crippen LogP contribution in [0, 0.1) is 0 Å². The van der Waals surface area contributed by atoms with Crippen LogP contribution >= 0.6 is 23.2 Å². The third-order valence-corrected chi connectivity index (χ3v) is 10.3. The van der Waals surface area contributed by atoms with Crippen molar-refractivity contribution in [2.75, 3.05) is 0 Å². The Hall–Kier alpha value is -5.18. The fourth-order valence-corrected chi connectivity index (χ4v) is 7.67. The predicted octanol–water partition coefficient (Wildman–Crippen LogP) is 8.00. The lowest BCUT2D eigenvalue weighted by molar-refractivity contribution is -0.135. The van der Waals surface area contributed by atoms with Gasteiger partial charge in [0.2, 0.25) is 23.6 Å². The topological polar surface area (TPSA) is 124 Å². The second-order valence-corrected chi connectivity index (χ2v) is 13.2. The first-order valence-electron chi connectivity index (χ1n) is 15.7. The van der Waals surface area contributed by atoms with Gasteiger partial charge in [-0.15, -0.1) is 0 Å². The number of piperidine rings is 2. The van der Waals surface area contributed by atoms with E-state index in [1.165, 1.54) is 0 Å². The maximum atomic E-state index is 13.2. The summed E-state index contributed by atoms with van der Waals surface area (Å²) in [7, 11) is 0. The highest BCUT2D eigenvalue weighted by atomic mass is 35.5. The highest BCUT2D eigenvalue weighted by Crippen LogP contribution is 2.45. The molecule has 4 amide bonds. The molecule has 4 heterocycles. The Morgan fingerprint density at radius 1 is 0.521 bits per heavy atom. The number of carbonyl (C=O) groups is 4. The summed E-state index contributed by atoms with van der Waals surface area (Å²) in [6.45, 7) is 0. The van der Waals surface area contributed by atoms with Crippen LogP contribution in [0.2, 0.25) is 10.0 Å². The number of H-pyrrole nitrogens is 2. The highest BCUT2D eigenvalue weighted by molar-refractivity contribution is 6.35. The number of aromatic nitrogens is 2. The normalized spacial score (nSPS) is 18.4. The minimum Gasteiger partial charge on any atom is -0.361 e. The third kappa shape index (κ3) is 5.27. The van der Waals surface area contributed by atoms with Gasteiger partial charge >= 0.3 is 0 Å². The fourth-order valence-electron chi connectivity index (χ4n) is 6.97. The molecule has 4 N–H and O–H groups in total. The first-order chi connectivity index (χ1) is 23.2. The van der Waals surface area contributed by atoms with E-state index in [1.807, 2.05) is 85.2 Å². The standard InChI is InChI=1S/C38H28Cl2N4O4/c39-35-27(20-3-6-31-22(13-20)10-12-41-31)14-23(16-29(35)25-4-7-33(45)43-37(25)47)24-15-28(21-2-1-19-9-11-42-32(19)18-21)36(40)30(17-24)26-5-8-34(46)44-38(26)48/h1-3,6,9-18,25-26,41-42H,4-5,7-8H2,(H,43,45,47)(H,44,46,48). The quantitative estimate of drug-likeness (QED) is 0.138. The van der Waals surface area contributed by atoms with Gasteiger partial charge in [-0.1, -0.05) is 41.4 Å². The number of nitrogens with one attached hydrogen (secondary N) is 4. The number of benzene rings is 4. The van der Waals surface area contributed by atoms with Gasteiger partial charge < -0.3 is 9.97 Å². The van der Waals surface area contributed by atoms with Crippen molar-refractivity contribution < 1.29 is 19.2 Å². The molecule has 0 radical (unpaired) electrons. The molecule has 6 aromatic rings. The lowest BCUT2D eigenvalue weighted by Gasteiger charge is -2.26. The molecule has 0 aliphatic carbocycles. The second kappa shape index (κ2) is 11.8. The van der Waals surface area contributed by atoms with E-state index in [9.17, 15) is 19.2 Å². The van der Waals surface area contributed by atoms with Crippen LogP contribution in [0.5, 0.6) is 0 Å². The Kier molecular flexibility index (Phi) is 7.42. The number of hydrogen-bond acceptors (Lipinski definition) is 4. The SMILES string of the molecule is O=C1CCC(c2cc(-c3cc(-c4ccc5cc[nH]c5c4)c(Cl)c(C4CCC(=O)NC4=O)c3)cc(-c3ccc4[nH]ccc4c3)c2Cl)C(=O)N1. The van der Waals surface area contributed by atoms with E-state index in [0.29, 0.717) is 34.0 Å². The van der Waals surface area contributed by atoms with Gasteiger partial charge in [-0.2, -0.15) is 0 Å². The zero-order chi connectivity index (χ0) is 33.1. The van der Waals surface area contributed by atoms with Crippen LogP contribution in [-0.2, 0) is 19.2 Å². The van der Waals surface area contributed by atoms with Crippen molar-refractivity contribution >= 4 is 68.6 Å². The van der Waals surface area contributed by atoms with E-state index in [-0.39, 0.29) is 24.7 Å². The lowest BCUT2D eigenvalue weighted by Crippen LogP contribution is -2.39. The first-order valence-corrected chi connectivity index (χ1v) is 16.5. The molecule has 10 heteroatoms. The van der Waals surface area contributed by atoms with Crippen molar-refractivity contribution in [2.45, 2.75) is 37.5 Å². The van der Waals surface area contributed by atoms with Gasteiger partial charge in [-0.3, -0.25) is 29.8 Å². The monoisotopic (exact) mass is 674 g/mol. The molecule has 0 spiro atoms. The van der Waals surface area contributed by atoms with E-state index >= 15 is 0 Å². The minimum atomic E-state index is -0.638. The molecule has 238 valence electrons. The predicted molar refractivity (Wildman–Crippen MR) is 187 cm³/mol. The van der Waals surface area contributed by atoms with Crippen LogP contribution in [0.15, 0.2) is 85.2 Å². The summed E-state index contributed by atoms with van der Waals surface area (Å²) in [6.07, 6.45) is 4.80. The van der Waals surface area contributed by atoms with Gasteiger partial charge in [0.1, 0.15) is 0 Å². The summed E-state index contributed by atoms with van der Waals surface area (Å²) in [4.78, 5) is 57.0. The summed E-state index contributed by atoms with van der Waals surface area (Å²) in [5.41, 5.74) is 7.80. The zero-order valence-electron chi connectivity index (χ0n) is 25.5. The summed E-state index contributed by atoms with van der Waals surface area (Å²) in [5.74, 6) is -2.68. The zero-order valence-corrected chi connectivity index (χ0v) is 27.0. The molecule has 2 aliphatic heterocycles. The van der Waals surface area contributed by atoms with Crippen molar-refractivity contribution in [1.29, 1.82) is 0 Å². The van der Waals surface area contributed by atoms with Crippen molar-refractivity contribution in [1.82, 2.24) is 20.6 Å². The van der Waals surface area contributed by atoms with Crippen LogP contribution in [-0.4, -0.2) is 33.6 Å². The summed E-state index contributed by atoms with van der Waals surface area (Å²) < 4.78 is 0. The maximum Gasteiger partial charge on any atom is 0.234 e. The van der Waals surface area contributed by atoms with Crippen LogP contribution in [0.1, 0.15) is 48.6 Å². The fraction of sp³-hybridized carbons (Fsp3) is 0.158. The Bertz CT molecular complexity index is 2180. The number of aromatic amines is 2. The van der Waals surface area contributed by atoms with Gasteiger partial charge in [0.25, 0.3) is 0 Å². The molecule has 8 nitrogen and oxygen atoms in total. The van der Waals surface area contributed by atoms with Crippen LogP contribution in [0.25, 0.3) is 55.2 Å². The molecule has 2 aliphatic rings. The molecule has 2 saturated heterocycles. The molecule has 2 aromatic heterocycles. The Balaban J connectivity index is 1.36. The van der Waals surface area contributed by atoms with Gasteiger partial charge in [-0.25, -0.2) is 0 Å². The smallest absolute Gasteiger partial charge is 0.234 e. The minimum absolute atomic E-state index is 0.202. The van der Waals surface area contributed by atoms with Crippen LogP contribution in [0.3, 0.4) is 0 Å². The van der Waals surface area contributed by atoms with E-state index < -0.39 is 23.7 Å². The average molecular weight is 676 g/mol. The number of amides is 4. The molecule has 48 heavy (non-hydrogen) atoms. The number of imide groups is 2. The molecule has 2 unspecified atom stereocenters.